The maximum absolute atomic E-state index is 12.1. The molecule has 1 unspecified atom stereocenters. The molecule has 1 aliphatic rings. The Morgan fingerprint density at radius 2 is 2.24 bits per heavy atom. The smallest absolute Gasteiger partial charge is 0.233 e. The van der Waals surface area contributed by atoms with Crippen LogP contribution in [0.3, 0.4) is 0 Å². The Morgan fingerprint density at radius 1 is 1.65 bits per heavy atom. The number of carbonyl (C=O) groups excluding carboxylic acids is 1. The average Bonchev–Trinajstić information content (AvgIpc) is 2.23. The number of amides is 1. The van der Waals surface area contributed by atoms with Gasteiger partial charge < -0.3 is 11.1 Å². The predicted molar refractivity (Wildman–Crippen MR) is 78.2 cm³/mol. The van der Waals surface area contributed by atoms with Crippen molar-refractivity contribution in [3.05, 3.63) is 0 Å². The Balaban J connectivity index is 2.43. The minimum Gasteiger partial charge on any atom is -0.392 e. The summed E-state index contributed by atoms with van der Waals surface area (Å²) < 4.78 is 0. The van der Waals surface area contributed by atoms with E-state index in [-0.39, 0.29) is 5.91 Å². The van der Waals surface area contributed by atoms with Gasteiger partial charge in [0, 0.05) is 11.8 Å². The van der Waals surface area contributed by atoms with Gasteiger partial charge in [-0.2, -0.15) is 11.8 Å². The number of thioether (sulfide) groups is 1. The van der Waals surface area contributed by atoms with Crippen LogP contribution in [-0.2, 0) is 4.79 Å². The van der Waals surface area contributed by atoms with E-state index in [4.69, 9.17) is 18.0 Å². The van der Waals surface area contributed by atoms with Crippen LogP contribution < -0.4 is 11.1 Å². The highest BCUT2D eigenvalue weighted by Gasteiger charge is 2.50. The summed E-state index contributed by atoms with van der Waals surface area (Å²) in [5, 5.41) is 3.54. The van der Waals surface area contributed by atoms with Crippen LogP contribution in [0, 0.1) is 11.3 Å². The molecular formula is C12H22N2OS2. The molecule has 17 heavy (non-hydrogen) atoms. The number of carbonyl (C=O) groups is 1. The molecule has 1 fully saturated rings. The number of hydrogen-bond donors (Lipinski definition) is 2. The Bertz CT molecular complexity index is 301. The van der Waals surface area contributed by atoms with Crippen molar-refractivity contribution in [3.63, 3.8) is 0 Å². The van der Waals surface area contributed by atoms with Crippen LogP contribution in [0.5, 0.6) is 0 Å². The maximum atomic E-state index is 12.1. The largest absolute Gasteiger partial charge is 0.392 e. The van der Waals surface area contributed by atoms with Gasteiger partial charge in [0.05, 0.1) is 10.4 Å². The maximum Gasteiger partial charge on any atom is 0.233 e. The second-order valence-corrected chi connectivity index (χ2v) is 6.77. The first-order valence-electron chi connectivity index (χ1n) is 6.03. The number of hydrogen-bond acceptors (Lipinski definition) is 3. The zero-order valence-corrected chi connectivity index (χ0v) is 12.4. The lowest BCUT2D eigenvalue weighted by Gasteiger charge is -2.44. The van der Waals surface area contributed by atoms with E-state index in [2.05, 4.69) is 25.4 Å². The number of rotatable bonds is 6. The van der Waals surface area contributed by atoms with Gasteiger partial charge in [0.15, 0.2) is 0 Å². The molecule has 98 valence electrons. The van der Waals surface area contributed by atoms with E-state index < -0.39 is 5.41 Å². The van der Waals surface area contributed by atoms with Crippen molar-refractivity contribution in [1.82, 2.24) is 5.32 Å². The van der Waals surface area contributed by atoms with Crippen molar-refractivity contribution in [2.45, 2.75) is 38.4 Å². The van der Waals surface area contributed by atoms with Gasteiger partial charge in [-0.05, 0) is 31.4 Å². The summed E-state index contributed by atoms with van der Waals surface area (Å²) in [7, 11) is 0. The zero-order chi connectivity index (χ0) is 13.1. The van der Waals surface area contributed by atoms with E-state index in [1.54, 1.807) is 0 Å². The van der Waals surface area contributed by atoms with Crippen LogP contribution in [0.25, 0.3) is 0 Å². The molecule has 0 heterocycles. The van der Waals surface area contributed by atoms with Crippen molar-refractivity contribution >= 4 is 34.9 Å². The standard InChI is InChI=1S/C12H22N2OS2/c1-8-6-12(7-8,10(13)16)11(15)14-5-4-9(2)17-3/h8-9H,4-7H2,1-3H3,(H2,13,16)(H,14,15). The molecule has 1 aliphatic carbocycles. The second-order valence-electron chi connectivity index (χ2n) is 5.05. The van der Waals surface area contributed by atoms with E-state index >= 15 is 0 Å². The van der Waals surface area contributed by atoms with Crippen LogP contribution in [0.4, 0.5) is 0 Å². The lowest BCUT2D eigenvalue weighted by Crippen LogP contribution is -2.56. The molecule has 0 bridgehead atoms. The first-order valence-corrected chi connectivity index (χ1v) is 7.73. The summed E-state index contributed by atoms with van der Waals surface area (Å²) in [5.41, 5.74) is 5.16. The lowest BCUT2D eigenvalue weighted by atomic mass is 9.62. The van der Waals surface area contributed by atoms with Gasteiger partial charge in [0.25, 0.3) is 0 Å². The fourth-order valence-corrected chi connectivity index (χ4v) is 2.92. The Kier molecular flexibility index (Phi) is 5.25. The highest BCUT2D eigenvalue weighted by molar-refractivity contribution is 7.99. The van der Waals surface area contributed by atoms with Gasteiger partial charge >= 0.3 is 0 Å². The van der Waals surface area contributed by atoms with Crippen molar-refractivity contribution in [2.75, 3.05) is 12.8 Å². The molecule has 0 aromatic rings. The second kappa shape index (κ2) is 6.05. The first-order chi connectivity index (χ1) is 7.92. The molecule has 0 aromatic carbocycles. The Hall–Kier alpha value is -0.290. The molecule has 3 nitrogen and oxygen atoms in total. The molecule has 5 heteroatoms. The zero-order valence-electron chi connectivity index (χ0n) is 10.8. The minimum absolute atomic E-state index is 0.0244. The molecule has 1 saturated carbocycles. The third kappa shape index (κ3) is 3.35. The lowest BCUT2D eigenvalue weighted by molar-refractivity contribution is -0.132. The van der Waals surface area contributed by atoms with Gasteiger partial charge in [0.2, 0.25) is 5.91 Å². The normalized spacial score (nSPS) is 29.2. The molecule has 1 rings (SSSR count). The first kappa shape index (κ1) is 14.8. The molecule has 0 aliphatic heterocycles. The molecule has 1 atom stereocenters. The van der Waals surface area contributed by atoms with Gasteiger partial charge in [-0.1, -0.05) is 26.1 Å². The summed E-state index contributed by atoms with van der Waals surface area (Å²) >= 11 is 6.86. The third-order valence-electron chi connectivity index (χ3n) is 3.54. The van der Waals surface area contributed by atoms with Crippen LogP contribution >= 0.6 is 24.0 Å². The summed E-state index contributed by atoms with van der Waals surface area (Å²) in [6.07, 6.45) is 4.66. The summed E-state index contributed by atoms with van der Waals surface area (Å²) in [5.74, 6) is 0.573. The quantitative estimate of drug-likeness (QED) is 0.727. The predicted octanol–water partition coefficient (Wildman–Crippen LogP) is 1.95. The van der Waals surface area contributed by atoms with E-state index in [0.29, 0.717) is 22.7 Å². The van der Waals surface area contributed by atoms with Gasteiger partial charge in [0.1, 0.15) is 0 Å². The highest BCUT2D eigenvalue weighted by atomic mass is 32.2. The molecule has 0 spiro atoms. The van der Waals surface area contributed by atoms with Gasteiger partial charge in [-0.15, -0.1) is 0 Å². The van der Waals surface area contributed by atoms with Gasteiger partial charge in [-0.3, -0.25) is 4.79 Å². The SMILES string of the molecule is CSC(C)CCNC(=O)C1(C(N)=S)CC(C)C1. The van der Waals surface area contributed by atoms with E-state index in [1.165, 1.54) is 0 Å². The number of nitrogens with one attached hydrogen (secondary N) is 1. The van der Waals surface area contributed by atoms with Crippen molar-refractivity contribution in [1.29, 1.82) is 0 Å². The summed E-state index contributed by atoms with van der Waals surface area (Å²) in [6.45, 7) is 4.99. The fourth-order valence-electron chi connectivity index (χ4n) is 2.30. The van der Waals surface area contributed by atoms with E-state index in [9.17, 15) is 4.79 Å². The van der Waals surface area contributed by atoms with Crippen LogP contribution in [0.1, 0.15) is 33.1 Å². The van der Waals surface area contributed by atoms with Crippen molar-refractivity contribution in [3.8, 4) is 0 Å². The van der Waals surface area contributed by atoms with Crippen LogP contribution in [0.15, 0.2) is 0 Å². The highest BCUT2D eigenvalue weighted by Crippen LogP contribution is 2.45. The van der Waals surface area contributed by atoms with Crippen LogP contribution in [-0.4, -0.2) is 28.9 Å². The Morgan fingerprint density at radius 3 is 2.65 bits per heavy atom. The van der Waals surface area contributed by atoms with E-state index in [0.717, 1.165) is 19.3 Å². The minimum atomic E-state index is -0.558. The number of thiocarbonyl (C=S) groups is 1. The molecule has 0 aromatic heterocycles. The van der Waals surface area contributed by atoms with Gasteiger partial charge in [-0.25, -0.2) is 0 Å². The number of nitrogens with two attached hydrogens (primary N) is 1. The molecule has 0 saturated heterocycles. The van der Waals surface area contributed by atoms with Crippen molar-refractivity contribution < 1.29 is 4.79 Å². The molecule has 0 radical (unpaired) electrons. The van der Waals surface area contributed by atoms with E-state index in [1.807, 2.05) is 11.8 Å². The fraction of sp³-hybridized carbons (Fsp3) is 0.833. The summed E-state index contributed by atoms with van der Waals surface area (Å²) in [6, 6.07) is 0. The molecule has 1 amide bonds. The topological polar surface area (TPSA) is 55.1 Å². The molecular weight excluding hydrogens is 252 g/mol. The Labute approximate surface area is 113 Å². The third-order valence-corrected chi connectivity index (χ3v) is 4.97. The summed E-state index contributed by atoms with van der Waals surface area (Å²) in [4.78, 5) is 12.5. The van der Waals surface area contributed by atoms with Crippen LogP contribution in [0.2, 0.25) is 0 Å². The van der Waals surface area contributed by atoms with Crippen molar-refractivity contribution in [2.24, 2.45) is 17.1 Å². The molecule has 3 N–H and O–H groups in total. The monoisotopic (exact) mass is 274 g/mol. The average molecular weight is 274 g/mol.